The van der Waals surface area contributed by atoms with Gasteiger partial charge in [0.25, 0.3) is 5.56 Å². The molecular weight excluding hydrogens is 268 g/mol. The van der Waals surface area contributed by atoms with Crippen LogP contribution in [0.2, 0.25) is 0 Å². The van der Waals surface area contributed by atoms with E-state index in [0.717, 1.165) is 5.56 Å². The fourth-order valence-corrected chi connectivity index (χ4v) is 2.23. The average Bonchev–Trinajstić information content (AvgIpc) is 2.50. The molecule has 0 saturated heterocycles. The topological polar surface area (TPSA) is 80.0 Å². The first-order chi connectivity index (χ1) is 10.2. The van der Waals surface area contributed by atoms with Crippen LogP contribution in [0, 0.1) is 6.92 Å². The van der Waals surface area contributed by atoms with Crippen LogP contribution in [0.3, 0.4) is 0 Å². The number of aryl methyl sites for hydroxylation is 1. The number of fused-ring (bicyclic) bond motifs is 1. The van der Waals surface area contributed by atoms with Crippen LogP contribution in [0.15, 0.2) is 47.5 Å². The molecule has 2 aromatic heterocycles. The van der Waals surface area contributed by atoms with Crippen LogP contribution in [0.5, 0.6) is 0 Å². The lowest BCUT2D eigenvalue weighted by Crippen LogP contribution is -2.20. The summed E-state index contributed by atoms with van der Waals surface area (Å²) in [5.74, 6) is 0. The molecule has 2 N–H and O–H groups in total. The van der Waals surface area contributed by atoms with Crippen LogP contribution in [0.1, 0.15) is 11.3 Å². The monoisotopic (exact) mass is 282 g/mol. The zero-order valence-electron chi connectivity index (χ0n) is 11.4. The van der Waals surface area contributed by atoms with Crippen molar-refractivity contribution in [3.63, 3.8) is 0 Å². The molecular formula is C15H14N4O2. The number of anilines is 1. The minimum Gasteiger partial charge on any atom is -0.423 e. The van der Waals surface area contributed by atoms with Crippen molar-refractivity contribution in [1.82, 2.24) is 14.7 Å². The summed E-state index contributed by atoms with van der Waals surface area (Å²) < 4.78 is 0.539. The van der Waals surface area contributed by atoms with Gasteiger partial charge in [0.2, 0.25) is 0 Å². The molecule has 3 aromatic rings. The van der Waals surface area contributed by atoms with Gasteiger partial charge in [-0.2, -0.15) is 0 Å². The highest BCUT2D eigenvalue weighted by molar-refractivity contribution is 5.90. The van der Waals surface area contributed by atoms with Gasteiger partial charge < -0.3 is 10.5 Å². The van der Waals surface area contributed by atoms with E-state index in [4.69, 9.17) is 0 Å². The minimum absolute atomic E-state index is 0.200. The standard InChI is InChI=1S/C15H14N4O2/c1-10-14-12(16-8-11-5-3-2-4-6-11)7-13(20)19(21)15(14)18-9-17-10/h2-7,9,16,21H,8H2,1H3. The predicted molar refractivity (Wildman–Crippen MR) is 79.5 cm³/mol. The summed E-state index contributed by atoms with van der Waals surface area (Å²) in [4.78, 5) is 19.9. The highest BCUT2D eigenvalue weighted by Crippen LogP contribution is 2.22. The van der Waals surface area contributed by atoms with E-state index in [0.29, 0.717) is 28.0 Å². The molecule has 0 bridgehead atoms. The van der Waals surface area contributed by atoms with Crippen LogP contribution in [0.25, 0.3) is 11.0 Å². The van der Waals surface area contributed by atoms with Crippen molar-refractivity contribution in [2.24, 2.45) is 0 Å². The summed E-state index contributed by atoms with van der Waals surface area (Å²) in [5.41, 5.74) is 2.07. The van der Waals surface area contributed by atoms with Gasteiger partial charge in [-0.15, -0.1) is 4.73 Å². The predicted octanol–water partition coefficient (Wildman–Crippen LogP) is 1.95. The molecule has 6 nitrogen and oxygen atoms in total. The van der Waals surface area contributed by atoms with Gasteiger partial charge in [0.05, 0.1) is 16.8 Å². The molecule has 3 rings (SSSR count). The van der Waals surface area contributed by atoms with Crippen LogP contribution in [-0.2, 0) is 6.54 Å². The van der Waals surface area contributed by atoms with E-state index in [2.05, 4.69) is 15.3 Å². The number of pyridine rings is 1. The third-order valence-electron chi connectivity index (χ3n) is 3.29. The van der Waals surface area contributed by atoms with E-state index in [1.807, 2.05) is 37.3 Å². The fourth-order valence-electron chi connectivity index (χ4n) is 2.23. The van der Waals surface area contributed by atoms with Gasteiger partial charge in [0, 0.05) is 12.6 Å². The summed E-state index contributed by atoms with van der Waals surface area (Å²) in [6, 6.07) is 11.2. The van der Waals surface area contributed by atoms with Gasteiger partial charge in [-0.3, -0.25) is 4.79 Å². The van der Waals surface area contributed by atoms with Crippen molar-refractivity contribution in [3.05, 3.63) is 64.3 Å². The normalized spacial score (nSPS) is 10.7. The molecule has 0 amide bonds. The highest BCUT2D eigenvalue weighted by atomic mass is 16.5. The molecule has 2 heterocycles. The number of hydrogen-bond acceptors (Lipinski definition) is 5. The van der Waals surface area contributed by atoms with Crippen molar-refractivity contribution in [2.75, 3.05) is 5.32 Å². The van der Waals surface area contributed by atoms with Crippen LogP contribution >= 0.6 is 0 Å². The maximum Gasteiger partial charge on any atom is 0.286 e. The lowest BCUT2D eigenvalue weighted by Gasteiger charge is -2.12. The Morgan fingerprint density at radius 1 is 1.24 bits per heavy atom. The lowest BCUT2D eigenvalue weighted by atomic mass is 10.2. The van der Waals surface area contributed by atoms with Crippen molar-refractivity contribution in [2.45, 2.75) is 13.5 Å². The lowest BCUT2D eigenvalue weighted by molar-refractivity contribution is 0.186. The Hall–Kier alpha value is -2.89. The summed E-state index contributed by atoms with van der Waals surface area (Å²) in [7, 11) is 0. The summed E-state index contributed by atoms with van der Waals surface area (Å²) >= 11 is 0. The van der Waals surface area contributed by atoms with Gasteiger partial charge in [0.15, 0.2) is 5.65 Å². The SMILES string of the molecule is Cc1ncnc2c1c(NCc1ccccc1)cc(=O)n2O. The maximum absolute atomic E-state index is 11.8. The van der Waals surface area contributed by atoms with E-state index in [-0.39, 0.29) is 5.65 Å². The van der Waals surface area contributed by atoms with Crippen molar-refractivity contribution >= 4 is 16.7 Å². The third-order valence-corrected chi connectivity index (χ3v) is 3.29. The zero-order chi connectivity index (χ0) is 14.8. The van der Waals surface area contributed by atoms with Crippen LogP contribution < -0.4 is 10.9 Å². The molecule has 21 heavy (non-hydrogen) atoms. The highest BCUT2D eigenvalue weighted by Gasteiger charge is 2.12. The molecule has 1 aromatic carbocycles. The van der Waals surface area contributed by atoms with Crippen LogP contribution in [0.4, 0.5) is 5.69 Å². The Balaban J connectivity index is 2.06. The van der Waals surface area contributed by atoms with Gasteiger partial charge in [-0.1, -0.05) is 30.3 Å². The summed E-state index contributed by atoms with van der Waals surface area (Å²) in [6.07, 6.45) is 1.32. The van der Waals surface area contributed by atoms with E-state index in [1.165, 1.54) is 12.4 Å². The number of hydrogen-bond donors (Lipinski definition) is 2. The Labute approximate surface area is 120 Å². The average molecular weight is 282 g/mol. The summed E-state index contributed by atoms with van der Waals surface area (Å²) in [5, 5.41) is 13.6. The van der Waals surface area contributed by atoms with Gasteiger partial charge in [-0.05, 0) is 12.5 Å². The molecule has 0 atom stereocenters. The number of rotatable bonds is 3. The number of nitrogens with zero attached hydrogens (tertiary/aromatic N) is 3. The van der Waals surface area contributed by atoms with Crippen molar-refractivity contribution < 1.29 is 5.21 Å². The molecule has 0 radical (unpaired) electrons. The largest absolute Gasteiger partial charge is 0.423 e. The van der Waals surface area contributed by atoms with Gasteiger partial charge in [0.1, 0.15) is 6.33 Å². The van der Waals surface area contributed by atoms with Crippen molar-refractivity contribution in [3.8, 4) is 0 Å². The first kappa shape index (κ1) is 13.1. The molecule has 0 saturated carbocycles. The second-order valence-corrected chi connectivity index (χ2v) is 4.70. The molecule has 0 fully saturated rings. The van der Waals surface area contributed by atoms with E-state index in [9.17, 15) is 10.0 Å². The second kappa shape index (κ2) is 5.24. The first-order valence-electron chi connectivity index (χ1n) is 6.51. The Bertz CT molecular complexity index is 843. The van der Waals surface area contributed by atoms with Gasteiger partial charge >= 0.3 is 0 Å². The van der Waals surface area contributed by atoms with Crippen molar-refractivity contribution in [1.29, 1.82) is 0 Å². The number of nitrogens with one attached hydrogen (secondary N) is 1. The molecule has 0 spiro atoms. The minimum atomic E-state index is -0.531. The zero-order valence-corrected chi connectivity index (χ0v) is 11.4. The summed E-state index contributed by atoms with van der Waals surface area (Å²) in [6.45, 7) is 2.38. The smallest absolute Gasteiger partial charge is 0.286 e. The fraction of sp³-hybridized carbons (Fsp3) is 0.133. The molecule has 0 aliphatic carbocycles. The molecule has 0 aliphatic heterocycles. The van der Waals surface area contributed by atoms with E-state index < -0.39 is 5.56 Å². The Morgan fingerprint density at radius 2 is 2.00 bits per heavy atom. The van der Waals surface area contributed by atoms with Crippen LogP contribution in [-0.4, -0.2) is 19.9 Å². The quantitative estimate of drug-likeness (QED) is 0.718. The van der Waals surface area contributed by atoms with Gasteiger partial charge in [-0.25, -0.2) is 9.97 Å². The third kappa shape index (κ3) is 2.43. The van der Waals surface area contributed by atoms with E-state index in [1.54, 1.807) is 0 Å². The second-order valence-electron chi connectivity index (χ2n) is 4.70. The number of aromatic nitrogens is 3. The Morgan fingerprint density at radius 3 is 2.76 bits per heavy atom. The number of benzene rings is 1. The Kier molecular flexibility index (Phi) is 3.27. The maximum atomic E-state index is 11.8. The van der Waals surface area contributed by atoms with E-state index >= 15 is 0 Å². The first-order valence-corrected chi connectivity index (χ1v) is 6.51. The molecule has 0 aliphatic rings. The molecule has 6 heteroatoms. The molecule has 0 unspecified atom stereocenters. The molecule has 106 valence electrons.